The average Bonchev–Trinajstić information content (AvgIpc) is 2.89. The normalized spacial score (nSPS) is 18.0. The fourth-order valence-electron chi connectivity index (χ4n) is 2.88. The molecule has 2 saturated heterocycles. The van der Waals surface area contributed by atoms with Gasteiger partial charge in [-0.2, -0.15) is 8.78 Å². The maximum absolute atomic E-state index is 12.2. The second-order valence-corrected chi connectivity index (χ2v) is 5.79. The van der Waals surface area contributed by atoms with Gasteiger partial charge in [0, 0.05) is 44.9 Å². The Morgan fingerprint density at radius 3 is 2.92 bits per heavy atom. The summed E-state index contributed by atoms with van der Waals surface area (Å²) in [6.45, 7) is -0.941. The first-order valence-corrected chi connectivity index (χ1v) is 7.75. The van der Waals surface area contributed by atoms with Crippen LogP contribution in [0.5, 0.6) is 5.88 Å². The fraction of sp³-hybridized carbons (Fsp3) is 0.533. The number of aromatic nitrogens is 1. The molecule has 24 heavy (non-hydrogen) atoms. The Bertz CT molecular complexity index is 622. The Labute approximate surface area is 137 Å². The van der Waals surface area contributed by atoms with Crippen molar-refractivity contribution in [2.24, 2.45) is 0 Å². The molecule has 0 aliphatic carbocycles. The van der Waals surface area contributed by atoms with Gasteiger partial charge in [-0.05, 0) is 18.1 Å². The number of nitrogens with zero attached hydrogens (tertiary/aromatic N) is 3. The molecule has 0 radical (unpaired) electrons. The molecule has 7 nitrogen and oxygen atoms in total. The van der Waals surface area contributed by atoms with Crippen LogP contribution < -0.4 is 10.1 Å². The molecule has 2 fully saturated rings. The van der Waals surface area contributed by atoms with Crippen LogP contribution in [0.2, 0.25) is 0 Å². The van der Waals surface area contributed by atoms with Gasteiger partial charge in [0.25, 0.3) is 0 Å². The summed E-state index contributed by atoms with van der Waals surface area (Å²) in [4.78, 5) is 30.8. The molecule has 0 unspecified atom stereocenters. The summed E-state index contributed by atoms with van der Waals surface area (Å²) in [5, 5.41) is 2.72. The van der Waals surface area contributed by atoms with Gasteiger partial charge in [-0.3, -0.25) is 4.79 Å². The number of carbonyl (C=O) groups is 2. The van der Waals surface area contributed by atoms with Crippen LogP contribution in [0.4, 0.5) is 13.6 Å². The third-order valence-corrected chi connectivity index (χ3v) is 4.15. The SMILES string of the molecule is O=C(NCc1ccnc(OC(F)F)c1)N1CC(N2CCCC2=O)C1. The number of urea groups is 1. The average molecular weight is 340 g/mol. The Kier molecular flexibility index (Phi) is 4.77. The first-order chi connectivity index (χ1) is 11.5. The van der Waals surface area contributed by atoms with E-state index in [1.807, 2.05) is 4.90 Å². The van der Waals surface area contributed by atoms with Gasteiger partial charge < -0.3 is 19.9 Å². The van der Waals surface area contributed by atoms with E-state index < -0.39 is 6.61 Å². The highest BCUT2D eigenvalue weighted by molar-refractivity contribution is 5.80. The van der Waals surface area contributed by atoms with Crippen molar-refractivity contribution in [3.8, 4) is 5.88 Å². The van der Waals surface area contributed by atoms with E-state index in [0.717, 1.165) is 13.0 Å². The van der Waals surface area contributed by atoms with Crippen molar-refractivity contribution in [2.75, 3.05) is 19.6 Å². The number of nitrogens with one attached hydrogen (secondary N) is 1. The van der Waals surface area contributed by atoms with E-state index in [9.17, 15) is 18.4 Å². The molecule has 1 N–H and O–H groups in total. The molecule has 2 aliphatic rings. The van der Waals surface area contributed by atoms with Crippen molar-refractivity contribution in [1.82, 2.24) is 20.1 Å². The molecule has 3 rings (SSSR count). The minimum atomic E-state index is -2.94. The highest BCUT2D eigenvalue weighted by atomic mass is 19.3. The lowest BCUT2D eigenvalue weighted by Gasteiger charge is -2.43. The van der Waals surface area contributed by atoms with E-state index in [4.69, 9.17) is 0 Å². The van der Waals surface area contributed by atoms with Crippen LogP contribution in [-0.4, -0.2) is 59.0 Å². The molecule has 1 aromatic rings. The van der Waals surface area contributed by atoms with E-state index in [-0.39, 0.29) is 30.4 Å². The second-order valence-electron chi connectivity index (χ2n) is 5.79. The third-order valence-electron chi connectivity index (χ3n) is 4.15. The molecule has 0 aromatic carbocycles. The smallest absolute Gasteiger partial charge is 0.388 e. The van der Waals surface area contributed by atoms with Gasteiger partial charge >= 0.3 is 12.6 Å². The third kappa shape index (κ3) is 3.72. The monoisotopic (exact) mass is 340 g/mol. The Morgan fingerprint density at radius 2 is 2.25 bits per heavy atom. The Morgan fingerprint density at radius 1 is 1.46 bits per heavy atom. The molecule has 0 saturated carbocycles. The van der Waals surface area contributed by atoms with Crippen molar-refractivity contribution in [2.45, 2.75) is 32.0 Å². The van der Waals surface area contributed by atoms with E-state index in [1.165, 1.54) is 12.3 Å². The van der Waals surface area contributed by atoms with E-state index >= 15 is 0 Å². The number of pyridine rings is 1. The fourth-order valence-corrected chi connectivity index (χ4v) is 2.88. The molecule has 9 heteroatoms. The van der Waals surface area contributed by atoms with Gasteiger partial charge in [0.1, 0.15) is 0 Å². The quantitative estimate of drug-likeness (QED) is 0.874. The van der Waals surface area contributed by atoms with Gasteiger partial charge in [0.2, 0.25) is 11.8 Å². The first-order valence-electron chi connectivity index (χ1n) is 7.75. The molecule has 130 valence electrons. The standard InChI is InChI=1S/C15H18F2N4O3/c16-14(17)24-12-6-10(3-4-18-12)7-19-15(23)20-8-11(9-20)21-5-1-2-13(21)22/h3-4,6,11,14H,1-2,5,7-9H2,(H,19,23). The van der Waals surface area contributed by atoms with Crippen molar-refractivity contribution in [3.63, 3.8) is 0 Å². The number of carbonyl (C=O) groups excluding carboxylic acids is 2. The zero-order chi connectivity index (χ0) is 17.1. The lowest BCUT2D eigenvalue weighted by molar-refractivity contribution is -0.132. The van der Waals surface area contributed by atoms with Crippen LogP contribution in [0.25, 0.3) is 0 Å². The lowest BCUT2D eigenvalue weighted by atomic mass is 10.1. The van der Waals surface area contributed by atoms with Crippen LogP contribution in [0.3, 0.4) is 0 Å². The van der Waals surface area contributed by atoms with Gasteiger partial charge in [0.15, 0.2) is 0 Å². The Balaban J connectivity index is 1.44. The summed E-state index contributed by atoms with van der Waals surface area (Å²) < 4.78 is 28.5. The molecule has 3 heterocycles. The number of likely N-dealkylation sites (tertiary alicyclic amines) is 2. The number of hydrogen-bond acceptors (Lipinski definition) is 4. The number of amides is 3. The van der Waals surface area contributed by atoms with Crippen LogP contribution in [0.1, 0.15) is 18.4 Å². The van der Waals surface area contributed by atoms with E-state index in [1.54, 1.807) is 11.0 Å². The molecule has 1 aromatic heterocycles. The predicted molar refractivity (Wildman–Crippen MR) is 79.4 cm³/mol. The van der Waals surface area contributed by atoms with Crippen LogP contribution in [0, 0.1) is 0 Å². The largest absolute Gasteiger partial charge is 0.417 e. The molecule has 3 amide bonds. The van der Waals surface area contributed by atoms with Crippen LogP contribution in [-0.2, 0) is 11.3 Å². The van der Waals surface area contributed by atoms with E-state index in [0.29, 0.717) is 25.1 Å². The van der Waals surface area contributed by atoms with Gasteiger partial charge in [-0.1, -0.05) is 0 Å². The summed E-state index contributed by atoms with van der Waals surface area (Å²) in [5.74, 6) is -0.0308. The summed E-state index contributed by atoms with van der Waals surface area (Å²) in [6.07, 6.45) is 2.82. The molecule has 0 bridgehead atoms. The lowest BCUT2D eigenvalue weighted by Crippen LogP contribution is -2.63. The number of ether oxygens (including phenoxy) is 1. The molecule has 0 spiro atoms. The second kappa shape index (κ2) is 6.98. The highest BCUT2D eigenvalue weighted by Gasteiger charge is 2.38. The first kappa shape index (κ1) is 16.4. The Hall–Kier alpha value is -2.45. The zero-order valence-electron chi connectivity index (χ0n) is 13.0. The number of rotatable bonds is 5. The summed E-state index contributed by atoms with van der Waals surface area (Å²) in [6, 6.07) is 2.83. The maximum Gasteiger partial charge on any atom is 0.388 e. The molecular weight excluding hydrogens is 322 g/mol. The minimum absolute atomic E-state index is 0.109. The summed E-state index contributed by atoms with van der Waals surface area (Å²) in [7, 11) is 0. The number of hydrogen-bond donors (Lipinski definition) is 1. The number of alkyl halides is 2. The van der Waals surface area contributed by atoms with E-state index in [2.05, 4.69) is 15.0 Å². The minimum Gasteiger partial charge on any atom is -0.417 e. The number of halogens is 2. The zero-order valence-corrected chi connectivity index (χ0v) is 13.0. The van der Waals surface area contributed by atoms with Crippen molar-refractivity contribution >= 4 is 11.9 Å². The van der Waals surface area contributed by atoms with Gasteiger partial charge in [-0.25, -0.2) is 9.78 Å². The van der Waals surface area contributed by atoms with Gasteiger partial charge in [0.05, 0.1) is 6.04 Å². The van der Waals surface area contributed by atoms with Crippen LogP contribution >= 0.6 is 0 Å². The maximum atomic E-state index is 12.2. The molecule has 0 atom stereocenters. The van der Waals surface area contributed by atoms with Gasteiger partial charge in [-0.15, -0.1) is 0 Å². The van der Waals surface area contributed by atoms with Crippen molar-refractivity contribution in [3.05, 3.63) is 23.9 Å². The summed E-state index contributed by atoms with van der Waals surface area (Å²) in [5.41, 5.74) is 0.612. The molecule has 2 aliphatic heterocycles. The predicted octanol–water partition coefficient (Wildman–Crippen LogP) is 1.20. The topological polar surface area (TPSA) is 74.8 Å². The van der Waals surface area contributed by atoms with Crippen molar-refractivity contribution in [1.29, 1.82) is 0 Å². The molecular formula is C15H18F2N4O3. The summed E-state index contributed by atoms with van der Waals surface area (Å²) >= 11 is 0. The van der Waals surface area contributed by atoms with Crippen molar-refractivity contribution < 1.29 is 23.1 Å². The van der Waals surface area contributed by atoms with Crippen LogP contribution in [0.15, 0.2) is 18.3 Å². The highest BCUT2D eigenvalue weighted by Crippen LogP contribution is 2.21.